The Morgan fingerprint density at radius 1 is 1.29 bits per heavy atom. The molecule has 2 aromatic rings. The summed E-state index contributed by atoms with van der Waals surface area (Å²) in [5.41, 5.74) is 0.789. The number of hydrogen-bond acceptors (Lipinski definition) is 4. The summed E-state index contributed by atoms with van der Waals surface area (Å²) in [6.45, 7) is 1.60. The summed E-state index contributed by atoms with van der Waals surface area (Å²) >= 11 is 0. The Morgan fingerprint density at radius 2 is 2.04 bits per heavy atom. The minimum absolute atomic E-state index is 0.240. The van der Waals surface area contributed by atoms with Crippen LogP contribution in [-0.4, -0.2) is 18.5 Å². The predicted molar refractivity (Wildman–Crippen MR) is 90.3 cm³/mol. The first-order valence-electron chi connectivity index (χ1n) is 8.55. The van der Waals surface area contributed by atoms with Gasteiger partial charge in [0.15, 0.2) is 6.61 Å². The molecule has 1 amide bonds. The van der Waals surface area contributed by atoms with E-state index in [0.717, 1.165) is 23.8 Å². The Balaban J connectivity index is 1.46. The van der Waals surface area contributed by atoms with Crippen molar-refractivity contribution in [3.8, 4) is 0 Å². The molecule has 24 heavy (non-hydrogen) atoms. The maximum absolute atomic E-state index is 12.0. The van der Waals surface area contributed by atoms with Crippen molar-refractivity contribution in [2.75, 3.05) is 6.61 Å². The maximum Gasteiger partial charge on any atom is 0.306 e. The monoisotopic (exact) mass is 329 g/mol. The Hall–Kier alpha value is -2.30. The number of para-hydroxylation sites is 1. The van der Waals surface area contributed by atoms with Crippen LogP contribution in [0.15, 0.2) is 34.7 Å². The molecule has 1 N–H and O–H groups in total. The maximum atomic E-state index is 12.0. The number of fused-ring (bicyclic) bond motifs is 1. The molecule has 1 aliphatic rings. The molecule has 0 unspecified atom stereocenters. The van der Waals surface area contributed by atoms with Gasteiger partial charge in [0.2, 0.25) is 0 Å². The zero-order valence-electron chi connectivity index (χ0n) is 13.9. The zero-order chi connectivity index (χ0) is 16.9. The number of esters is 1. The van der Waals surface area contributed by atoms with Crippen LogP contribution in [0, 0.1) is 5.92 Å². The van der Waals surface area contributed by atoms with Crippen LogP contribution in [0.1, 0.15) is 50.8 Å². The van der Waals surface area contributed by atoms with E-state index < -0.39 is 0 Å². The van der Waals surface area contributed by atoms with Gasteiger partial charge in [0, 0.05) is 11.8 Å². The number of amides is 1. The van der Waals surface area contributed by atoms with Gasteiger partial charge in [-0.05, 0) is 37.8 Å². The summed E-state index contributed by atoms with van der Waals surface area (Å²) in [5, 5.41) is 3.79. The van der Waals surface area contributed by atoms with Crippen LogP contribution in [0.25, 0.3) is 11.0 Å². The van der Waals surface area contributed by atoms with E-state index in [-0.39, 0.29) is 24.5 Å². The van der Waals surface area contributed by atoms with E-state index in [9.17, 15) is 9.59 Å². The number of furan rings is 1. The van der Waals surface area contributed by atoms with Gasteiger partial charge in [-0.2, -0.15) is 0 Å². The van der Waals surface area contributed by atoms with Crippen LogP contribution in [0.3, 0.4) is 0 Å². The fourth-order valence-electron chi connectivity index (χ4n) is 3.23. The zero-order valence-corrected chi connectivity index (χ0v) is 13.9. The van der Waals surface area contributed by atoms with E-state index >= 15 is 0 Å². The number of benzene rings is 1. The van der Waals surface area contributed by atoms with E-state index in [1.54, 1.807) is 0 Å². The van der Waals surface area contributed by atoms with E-state index in [0.29, 0.717) is 18.1 Å². The quantitative estimate of drug-likeness (QED) is 0.820. The lowest BCUT2D eigenvalue weighted by Gasteiger charge is -2.12. The summed E-state index contributed by atoms with van der Waals surface area (Å²) in [7, 11) is 0. The van der Waals surface area contributed by atoms with Gasteiger partial charge in [-0.25, -0.2) is 0 Å². The molecule has 1 aliphatic carbocycles. The fourth-order valence-corrected chi connectivity index (χ4v) is 3.23. The van der Waals surface area contributed by atoms with E-state index in [4.69, 9.17) is 9.15 Å². The van der Waals surface area contributed by atoms with Crippen molar-refractivity contribution >= 4 is 22.8 Å². The molecule has 0 spiro atoms. The van der Waals surface area contributed by atoms with Gasteiger partial charge >= 0.3 is 5.97 Å². The van der Waals surface area contributed by atoms with Crippen molar-refractivity contribution in [2.24, 2.45) is 5.92 Å². The Morgan fingerprint density at radius 3 is 2.79 bits per heavy atom. The third kappa shape index (κ3) is 4.16. The van der Waals surface area contributed by atoms with Crippen LogP contribution in [0.4, 0.5) is 0 Å². The van der Waals surface area contributed by atoms with Gasteiger partial charge in [-0.1, -0.05) is 31.0 Å². The number of rotatable bonds is 6. The number of carbonyl (C=O) groups is 2. The molecule has 5 heteroatoms. The molecule has 0 radical (unpaired) electrons. The lowest BCUT2D eigenvalue weighted by Crippen LogP contribution is -2.31. The van der Waals surface area contributed by atoms with Crippen LogP contribution in [0.2, 0.25) is 0 Å². The van der Waals surface area contributed by atoms with Crippen molar-refractivity contribution in [3.63, 3.8) is 0 Å². The summed E-state index contributed by atoms with van der Waals surface area (Å²) in [6.07, 6.45) is 4.97. The first-order valence-corrected chi connectivity index (χ1v) is 8.55. The van der Waals surface area contributed by atoms with Crippen LogP contribution in [0.5, 0.6) is 0 Å². The lowest BCUT2D eigenvalue weighted by molar-refractivity contribution is -0.149. The average molecular weight is 329 g/mol. The van der Waals surface area contributed by atoms with Crippen molar-refractivity contribution in [3.05, 3.63) is 36.1 Å². The van der Waals surface area contributed by atoms with Crippen molar-refractivity contribution in [1.82, 2.24) is 5.32 Å². The topological polar surface area (TPSA) is 68.5 Å². The normalized spacial score (nSPS) is 16.2. The number of hydrogen-bond donors (Lipinski definition) is 1. The van der Waals surface area contributed by atoms with Gasteiger partial charge < -0.3 is 14.5 Å². The highest BCUT2D eigenvalue weighted by molar-refractivity contribution is 5.81. The van der Waals surface area contributed by atoms with E-state index in [1.165, 1.54) is 12.8 Å². The summed E-state index contributed by atoms with van der Waals surface area (Å²) in [5.74, 6) is 0.507. The number of nitrogens with one attached hydrogen (secondary N) is 1. The highest BCUT2D eigenvalue weighted by atomic mass is 16.5. The molecule has 1 aromatic heterocycles. The molecule has 0 saturated heterocycles. The molecule has 0 bridgehead atoms. The lowest BCUT2D eigenvalue weighted by atomic mass is 10.1. The molecule has 5 nitrogen and oxygen atoms in total. The second kappa shape index (κ2) is 7.51. The second-order valence-corrected chi connectivity index (χ2v) is 6.49. The number of ether oxygens (including phenoxy) is 1. The third-order valence-electron chi connectivity index (χ3n) is 4.54. The van der Waals surface area contributed by atoms with Gasteiger partial charge in [0.05, 0.1) is 6.04 Å². The standard InChI is InChI=1S/C19H23NO4/c1-13(17-11-15-8-4-5-9-16(15)24-17)20-18(21)12-23-19(22)10-14-6-2-3-7-14/h4-5,8-9,11,13-14H,2-3,6-7,10,12H2,1H3,(H,20,21)/t13-/m1/s1. The molecular formula is C19H23NO4. The van der Waals surface area contributed by atoms with E-state index in [1.807, 2.05) is 37.3 Å². The summed E-state index contributed by atoms with van der Waals surface area (Å²) < 4.78 is 10.8. The smallest absolute Gasteiger partial charge is 0.306 e. The van der Waals surface area contributed by atoms with Crippen molar-refractivity contribution in [2.45, 2.75) is 45.1 Å². The Kier molecular flexibility index (Phi) is 5.18. The van der Waals surface area contributed by atoms with E-state index in [2.05, 4.69) is 5.32 Å². The molecule has 1 aromatic carbocycles. The Labute approximate surface area is 141 Å². The molecule has 1 heterocycles. The molecule has 0 aliphatic heterocycles. The predicted octanol–water partition coefficient (Wildman–Crippen LogP) is 3.73. The largest absolute Gasteiger partial charge is 0.459 e. The molecular weight excluding hydrogens is 306 g/mol. The third-order valence-corrected chi connectivity index (χ3v) is 4.54. The first-order chi connectivity index (χ1) is 11.6. The molecule has 128 valence electrons. The Bertz CT molecular complexity index is 682. The second-order valence-electron chi connectivity index (χ2n) is 6.49. The highest BCUT2D eigenvalue weighted by Crippen LogP contribution is 2.27. The fraction of sp³-hybridized carbons (Fsp3) is 0.474. The minimum atomic E-state index is -0.317. The number of carbonyl (C=O) groups excluding carboxylic acids is 2. The molecule has 3 rings (SSSR count). The van der Waals surface area contributed by atoms with Gasteiger partial charge in [0.1, 0.15) is 11.3 Å². The molecule has 1 saturated carbocycles. The van der Waals surface area contributed by atoms with Crippen LogP contribution < -0.4 is 5.32 Å². The highest BCUT2D eigenvalue weighted by Gasteiger charge is 2.20. The van der Waals surface area contributed by atoms with Crippen LogP contribution >= 0.6 is 0 Å². The van der Waals surface area contributed by atoms with Crippen molar-refractivity contribution < 1.29 is 18.7 Å². The first kappa shape index (κ1) is 16.6. The van der Waals surface area contributed by atoms with Gasteiger partial charge in [-0.3, -0.25) is 9.59 Å². The van der Waals surface area contributed by atoms with Gasteiger partial charge in [-0.15, -0.1) is 0 Å². The molecule has 1 fully saturated rings. The minimum Gasteiger partial charge on any atom is -0.459 e. The van der Waals surface area contributed by atoms with Gasteiger partial charge in [0.25, 0.3) is 5.91 Å². The van der Waals surface area contributed by atoms with Crippen LogP contribution in [-0.2, 0) is 14.3 Å². The molecule has 1 atom stereocenters. The summed E-state index contributed by atoms with van der Waals surface area (Å²) in [4.78, 5) is 23.7. The van der Waals surface area contributed by atoms with Crippen molar-refractivity contribution in [1.29, 1.82) is 0 Å². The average Bonchev–Trinajstić information content (AvgIpc) is 3.21. The summed E-state index contributed by atoms with van der Waals surface area (Å²) in [6, 6.07) is 9.32. The SMILES string of the molecule is C[C@@H](NC(=O)COC(=O)CC1CCCC1)c1cc2ccccc2o1.